The second-order valence-electron chi connectivity index (χ2n) is 6.54. The van der Waals surface area contributed by atoms with Crippen molar-refractivity contribution in [1.82, 2.24) is 14.8 Å². The van der Waals surface area contributed by atoms with Gasteiger partial charge in [0.25, 0.3) is 0 Å². The van der Waals surface area contributed by atoms with Crippen LogP contribution in [0.3, 0.4) is 0 Å². The molecule has 1 N–H and O–H groups in total. The van der Waals surface area contributed by atoms with E-state index in [9.17, 15) is 9.59 Å². The van der Waals surface area contributed by atoms with Crippen molar-refractivity contribution in [3.63, 3.8) is 0 Å². The Bertz CT molecular complexity index is 1100. The van der Waals surface area contributed by atoms with E-state index in [1.807, 2.05) is 6.92 Å². The second kappa shape index (κ2) is 10.7. The molecule has 3 rings (SSSR count). The van der Waals surface area contributed by atoms with Crippen molar-refractivity contribution in [1.29, 1.82) is 0 Å². The molecule has 0 unspecified atom stereocenters. The lowest BCUT2D eigenvalue weighted by Gasteiger charge is -2.08. The van der Waals surface area contributed by atoms with Gasteiger partial charge in [-0.15, -0.1) is 10.2 Å². The molecular weight excluding hydrogens is 459 g/mol. The maximum atomic E-state index is 12.4. The number of hydrogen-bond acceptors (Lipinski definition) is 6. The van der Waals surface area contributed by atoms with Crippen molar-refractivity contribution in [2.24, 2.45) is 7.05 Å². The van der Waals surface area contributed by atoms with Crippen LogP contribution in [0.15, 0.2) is 47.6 Å². The molecule has 0 aliphatic rings. The summed E-state index contributed by atoms with van der Waals surface area (Å²) >= 11 is 13.4. The van der Waals surface area contributed by atoms with Gasteiger partial charge in [0.15, 0.2) is 11.0 Å². The zero-order valence-electron chi connectivity index (χ0n) is 16.9. The third-order valence-electron chi connectivity index (χ3n) is 4.16. The molecule has 162 valence electrons. The van der Waals surface area contributed by atoms with E-state index < -0.39 is 5.97 Å². The number of carbonyl (C=O) groups excluding carboxylic acids is 2. The average Bonchev–Trinajstić information content (AvgIpc) is 3.11. The van der Waals surface area contributed by atoms with E-state index >= 15 is 0 Å². The highest BCUT2D eigenvalue weighted by molar-refractivity contribution is 7.99. The number of amides is 1. The van der Waals surface area contributed by atoms with E-state index in [0.29, 0.717) is 44.4 Å². The Morgan fingerprint density at radius 2 is 1.97 bits per heavy atom. The van der Waals surface area contributed by atoms with Crippen LogP contribution in [0, 0.1) is 0 Å². The average molecular weight is 479 g/mol. The maximum Gasteiger partial charge on any atom is 0.338 e. The lowest BCUT2D eigenvalue weighted by molar-refractivity contribution is -0.113. The third kappa shape index (κ3) is 6.00. The minimum Gasteiger partial charge on any atom is -0.462 e. The van der Waals surface area contributed by atoms with Crippen molar-refractivity contribution < 1.29 is 14.3 Å². The molecule has 31 heavy (non-hydrogen) atoms. The molecule has 0 spiro atoms. The number of esters is 1. The van der Waals surface area contributed by atoms with Gasteiger partial charge in [-0.3, -0.25) is 4.79 Å². The summed E-state index contributed by atoms with van der Waals surface area (Å²) in [5, 5.41) is 12.7. The van der Waals surface area contributed by atoms with E-state index in [-0.39, 0.29) is 11.7 Å². The summed E-state index contributed by atoms with van der Waals surface area (Å²) in [5.41, 5.74) is 1.60. The van der Waals surface area contributed by atoms with Crippen LogP contribution in [0.5, 0.6) is 0 Å². The van der Waals surface area contributed by atoms with Crippen LogP contribution in [0.1, 0.15) is 23.7 Å². The standard InChI is InChI=1S/C21H20Cl2N4O3S/c1-3-9-30-20(29)13-5-4-6-15(10-13)24-18(28)12-31-21-26-25-19(27(21)2)16-8-7-14(22)11-17(16)23/h4-8,10-11H,3,9,12H2,1-2H3,(H,24,28). The number of thioether (sulfide) groups is 1. The normalized spacial score (nSPS) is 10.7. The van der Waals surface area contributed by atoms with Crippen LogP contribution in [-0.4, -0.2) is 39.0 Å². The van der Waals surface area contributed by atoms with Gasteiger partial charge in [-0.25, -0.2) is 4.79 Å². The Kier molecular flexibility index (Phi) is 7.95. The van der Waals surface area contributed by atoms with Gasteiger partial charge >= 0.3 is 5.97 Å². The van der Waals surface area contributed by atoms with Crippen molar-refractivity contribution in [2.75, 3.05) is 17.7 Å². The first-order valence-corrected chi connectivity index (χ1v) is 11.2. The molecule has 0 bridgehead atoms. The van der Waals surface area contributed by atoms with Crippen LogP contribution in [0.4, 0.5) is 5.69 Å². The maximum absolute atomic E-state index is 12.4. The molecule has 0 saturated heterocycles. The minimum atomic E-state index is -0.417. The van der Waals surface area contributed by atoms with Gasteiger partial charge in [0.05, 0.1) is 22.9 Å². The molecule has 0 aliphatic carbocycles. The summed E-state index contributed by atoms with van der Waals surface area (Å²) in [6, 6.07) is 11.8. The summed E-state index contributed by atoms with van der Waals surface area (Å²) < 4.78 is 6.88. The van der Waals surface area contributed by atoms with Crippen LogP contribution in [0.2, 0.25) is 10.0 Å². The minimum absolute atomic E-state index is 0.116. The monoisotopic (exact) mass is 478 g/mol. The fourth-order valence-electron chi connectivity index (χ4n) is 2.68. The summed E-state index contributed by atoms with van der Waals surface area (Å²) in [6.45, 7) is 2.28. The molecule has 0 atom stereocenters. The third-order valence-corrected chi connectivity index (χ3v) is 5.73. The molecule has 1 heterocycles. The Labute approximate surface area is 194 Å². The van der Waals surface area contributed by atoms with Crippen LogP contribution >= 0.6 is 35.0 Å². The molecule has 3 aromatic rings. The summed E-state index contributed by atoms with van der Waals surface area (Å²) in [7, 11) is 1.80. The molecular formula is C21H20Cl2N4O3S. The van der Waals surface area contributed by atoms with Crippen molar-refractivity contribution >= 4 is 52.5 Å². The van der Waals surface area contributed by atoms with E-state index in [1.165, 1.54) is 11.8 Å². The highest BCUT2D eigenvalue weighted by atomic mass is 35.5. The summed E-state index contributed by atoms with van der Waals surface area (Å²) in [5.74, 6) is 0.0333. The fraction of sp³-hybridized carbons (Fsp3) is 0.238. The number of anilines is 1. The van der Waals surface area contributed by atoms with Gasteiger partial charge in [-0.2, -0.15) is 0 Å². The molecule has 1 aromatic heterocycles. The van der Waals surface area contributed by atoms with Crippen LogP contribution in [0.25, 0.3) is 11.4 Å². The van der Waals surface area contributed by atoms with Gasteiger partial charge in [0.2, 0.25) is 5.91 Å². The first kappa shape index (κ1) is 23.1. The van der Waals surface area contributed by atoms with Crippen molar-refractivity contribution in [3.05, 3.63) is 58.1 Å². The number of hydrogen-bond donors (Lipinski definition) is 1. The van der Waals surface area contributed by atoms with Crippen molar-refractivity contribution in [2.45, 2.75) is 18.5 Å². The Balaban J connectivity index is 1.62. The predicted molar refractivity (Wildman–Crippen MR) is 123 cm³/mol. The highest BCUT2D eigenvalue weighted by Crippen LogP contribution is 2.30. The summed E-state index contributed by atoms with van der Waals surface area (Å²) in [4.78, 5) is 24.4. The number of aromatic nitrogens is 3. The van der Waals surface area contributed by atoms with Gasteiger partial charge in [0.1, 0.15) is 0 Å². The molecule has 0 radical (unpaired) electrons. The number of carbonyl (C=O) groups is 2. The van der Waals surface area contributed by atoms with Gasteiger partial charge in [-0.1, -0.05) is 48.0 Å². The number of nitrogens with zero attached hydrogens (tertiary/aromatic N) is 3. The zero-order chi connectivity index (χ0) is 22.4. The predicted octanol–water partition coefficient (Wildman–Crippen LogP) is 5.09. The van der Waals surface area contributed by atoms with Gasteiger partial charge in [-0.05, 0) is 42.8 Å². The van der Waals surface area contributed by atoms with Gasteiger partial charge in [0, 0.05) is 23.3 Å². The first-order chi connectivity index (χ1) is 14.9. The topological polar surface area (TPSA) is 86.1 Å². The Hall–Kier alpha value is -2.55. The van der Waals surface area contributed by atoms with Gasteiger partial charge < -0.3 is 14.6 Å². The molecule has 0 fully saturated rings. The van der Waals surface area contributed by atoms with Crippen molar-refractivity contribution in [3.8, 4) is 11.4 Å². The van der Waals surface area contributed by atoms with E-state index in [1.54, 1.807) is 54.1 Å². The number of rotatable bonds is 8. The SMILES string of the molecule is CCCOC(=O)c1cccc(NC(=O)CSc2nnc(-c3ccc(Cl)cc3Cl)n2C)c1. The Morgan fingerprint density at radius 1 is 1.16 bits per heavy atom. The first-order valence-electron chi connectivity index (χ1n) is 9.43. The quantitative estimate of drug-likeness (QED) is 0.358. The zero-order valence-corrected chi connectivity index (χ0v) is 19.2. The van der Waals surface area contributed by atoms with E-state index in [4.69, 9.17) is 27.9 Å². The fourth-order valence-corrected chi connectivity index (χ4v) is 3.88. The number of ether oxygens (including phenoxy) is 1. The molecule has 10 heteroatoms. The molecule has 0 saturated carbocycles. The van der Waals surface area contributed by atoms with E-state index in [2.05, 4.69) is 15.5 Å². The lowest BCUT2D eigenvalue weighted by atomic mass is 10.2. The smallest absolute Gasteiger partial charge is 0.338 e. The molecule has 2 aromatic carbocycles. The largest absolute Gasteiger partial charge is 0.462 e. The highest BCUT2D eigenvalue weighted by Gasteiger charge is 2.16. The number of halogens is 2. The second-order valence-corrected chi connectivity index (χ2v) is 8.33. The number of benzene rings is 2. The summed E-state index contributed by atoms with van der Waals surface area (Å²) in [6.07, 6.45) is 0.743. The molecule has 0 aliphatic heterocycles. The lowest BCUT2D eigenvalue weighted by Crippen LogP contribution is -2.15. The Morgan fingerprint density at radius 3 is 2.71 bits per heavy atom. The van der Waals surface area contributed by atoms with Crippen LogP contribution in [-0.2, 0) is 16.6 Å². The number of nitrogens with one attached hydrogen (secondary N) is 1. The van der Waals surface area contributed by atoms with E-state index in [0.717, 1.165) is 6.42 Å². The molecule has 1 amide bonds. The molecule has 7 nitrogen and oxygen atoms in total. The van der Waals surface area contributed by atoms with Crippen LogP contribution < -0.4 is 5.32 Å².